The summed E-state index contributed by atoms with van der Waals surface area (Å²) in [5.74, 6) is 0. The molecule has 0 amide bonds. The smallest absolute Gasteiger partial charge is 0.417 e. The molecular formula is C18H20F3N3O3S. The van der Waals surface area contributed by atoms with Crippen LogP contribution in [0, 0.1) is 0 Å². The highest BCUT2D eigenvalue weighted by atomic mass is 32.2. The number of nitrogens with zero attached hydrogens (tertiary/aromatic N) is 3. The Hall–Kier alpha value is -2.20. The normalized spacial score (nSPS) is 18.8. The van der Waals surface area contributed by atoms with E-state index in [4.69, 9.17) is 4.74 Å². The van der Waals surface area contributed by atoms with Crippen molar-refractivity contribution in [2.75, 3.05) is 13.1 Å². The predicted octanol–water partition coefficient (Wildman–Crippen LogP) is 3.29. The summed E-state index contributed by atoms with van der Waals surface area (Å²) in [7, 11) is -4.32. The van der Waals surface area contributed by atoms with Gasteiger partial charge in [-0.25, -0.2) is 18.4 Å². The van der Waals surface area contributed by atoms with E-state index < -0.39 is 32.8 Å². The molecule has 0 radical (unpaired) electrons. The van der Waals surface area contributed by atoms with Gasteiger partial charge in [0, 0.05) is 18.9 Å². The molecule has 1 aromatic heterocycles. The summed E-state index contributed by atoms with van der Waals surface area (Å²) in [5.41, 5.74) is -0.236. The molecular weight excluding hydrogens is 395 g/mol. The number of aromatic nitrogens is 2. The fraction of sp³-hybridized carbons (Fsp3) is 0.444. The van der Waals surface area contributed by atoms with Gasteiger partial charge in [-0.15, -0.1) is 0 Å². The van der Waals surface area contributed by atoms with Crippen molar-refractivity contribution in [3.8, 4) is 6.01 Å². The van der Waals surface area contributed by atoms with Crippen molar-refractivity contribution >= 4 is 10.0 Å². The van der Waals surface area contributed by atoms with Gasteiger partial charge in [0.25, 0.3) is 0 Å². The van der Waals surface area contributed by atoms with Gasteiger partial charge in [-0.1, -0.05) is 19.1 Å². The van der Waals surface area contributed by atoms with E-state index in [1.165, 1.54) is 12.1 Å². The highest BCUT2D eigenvalue weighted by Crippen LogP contribution is 2.35. The van der Waals surface area contributed by atoms with Crippen LogP contribution in [-0.4, -0.2) is 41.9 Å². The average molecular weight is 415 g/mol. The Balaban J connectivity index is 1.80. The molecule has 3 rings (SSSR count). The first kappa shape index (κ1) is 20.5. The SMILES string of the molecule is CCc1cnc(OC2CCCN(S(=O)(=O)c3ccccc3C(F)(F)F)C2)nc1. The van der Waals surface area contributed by atoms with Gasteiger partial charge in [0.05, 0.1) is 17.0 Å². The predicted molar refractivity (Wildman–Crippen MR) is 95.3 cm³/mol. The number of halogens is 3. The molecule has 0 aliphatic carbocycles. The molecule has 0 saturated carbocycles. The number of rotatable bonds is 5. The number of piperidine rings is 1. The Labute approximate surface area is 161 Å². The Morgan fingerprint density at radius 3 is 2.54 bits per heavy atom. The second kappa shape index (κ2) is 8.04. The van der Waals surface area contributed by atoms with Gasteiger partial charge in [0.1, 0.15) is 6.10 Å². The van der Waals surface area contributed by atoms with Gasteiger partial charge in [-0.3, -0.25) is 0 Å². The molecule has 6 nitrogen and oxygen atoms in total. The van der Waals surface area contributed by atoms with Crippen LogP contribution in [0.5, 0.6) is 6.01 Å². The van der Waals surface area contributed by atoms with Crippen molar-refractivity contribution in [2.24, 2.45) is 0 Å². The largest absolute Gasteiger partial charge is 0.459 e. The Bertz CT molecular complexity index is 918. The maximum Gasteiger partial charge on any atom is 0.417 e. The minimum Gasteiger partial charge on any atom is -0.459 e. The average Bonchev–Trinajstić information content (AvgIpc) is 2.68. The zero-order chi connectivity index (χ0) is 20.4. The number of benzene rings is 1. The summed E-state index contributed by atoms with van der Waals surface area (Å²) in [6, 6.07) is 4.32. The number of aryl methyl sites for hydroxylation is 1. The fourth-order valence-electron chi connectivity index (χ4n) is 3.02. The van der Waals surface area contributed by atoms with Crippen molar-refractivity contribution in [3.05, 3.63) is 47.8 Å². The summed E-state index contributed by atoms with van der Waals surface area (Å²) in [4.78, 5) is 7.43. The first-order valence-electron chi connectivity index (χ1n) is 8.85. The van der Waals surface area contributed by atoms with Crippen molar-refractivity contribution in [3.63, 3.8) is 0 Å². The Morgan fingerprint density at radius 1 is 1.21 bits per heavy atom. The number of sulfonamides is 1. The highest BCUT2D eigenvalue weighted by Gasteiger charge is 2.40. The molecule has 10 heteroatoms. The molecule has 0 bridgehead atoms. The van der Waals surface area contributed by atoms with Gasteiger partial charge < -0.3 is 4.74 Å². The van der Waals surface area contributed by atoms with E-state index in [-0.39, 0.29) is 19.1 Å². The standard InChI is InChI=1S/C18H20F3N3O3S/c1-2-13-10-22-17(23-11-13)27-14-6-5-9-24(12-14)28(25,26)16-8-4-3-7-15(16)18(19,20)21/h3-4,7-8,10-11,14H,2,5-6,9,12H2,1H3. The number of hydrogen-bond acceptors (Lipinski definition) is 5. The van der Waals surface area contributed by atoms with Gasteiger partial charge in [-0.2, -0.15) is 17.5 Å². The zero-order valence-electron chi connectivity index (χ0n) is 15.2. The molecule has 1 saturated heterocycles. The van der Waals surface area contributed by atoms with Gasteiger partial charge in [-0.05, 0) is 37.0 Å². The lowest BCUT2D eigenvalue weighted by atomic mass is 10.1. The first-order valence-corrected chi connectivity index (χ1v) is 10.3. The quantitative estimate of drug-likeness (QED) is 0.749. The molecule has 1 unspecified atom stereocenters. The van der Waals surface area contributed by atoms with E-state index in [0.717, 1.165) is 28.4 Å². The van der Waals surface area contributed by atoms with Crippen LogP contribution in [0.3, 0.4) is 0 Å². The fourth-order valence-corrected chi connectivity index (χ4v) is 4.74. The van der Waals surface area contributed by atoms with Crippen molar-refractivity contribution < 1.29 is 26.3 Å². The summed E-state index contributed by atoms with van der Waals surface area (Å²) in [6.45, 7) is 2.03. The monoisotopic (exact) mass is 415 g/mol. The molecule has 1 atom stereocenters. The first-order chi connectivity index (χ1) is 13.2. The molecule has 2 aromatic rings. The van der Waals surface area contributed by atoms with Crippen molar-refractivity contribution in [1.82, 2.24) is 14.3 Å². The maximum atomic E-state index is 13.2. The third-order valence-electron chi connectivity index (χ3n) is 4.51. The van der Waals surface area contributed by atoms with E-state index >= 15 is 0 Å². The third kappa shape index (κ3) is 4.44. The summed E-state index contributed by atoms with van der Waals surface area (Å²) >= 11 is 0. The Morgan fingerprint density at radius 2 is 1.89 bits per heavy atom. The van der Waals surface area contributed by atoms with Crippen molar-refractivity contribution in [1.29, 1.82) is 0 Å². The molecule has 1 aliphatic rings. The summed E-state index contributed by atoms with van der Waals surface area (Å²) in [5, 5.41) is 0. The van der Waals surface area contributed by atoms with Crippen LogP contribution in [0.25, 0.3) is 0 Å². The van der Waals surface area contributed by atoms with Gasteiger partial charge >= 0.3 is 12.2 Å². The van der Waals surface area contributed by atoms with Crippen LogP contribution in [0.15, 0.2) is 41.6 Å². The number of ether oxygens (including phenoxy) is 1. The Kier molecular flexibility index (Phi) is 5.90. The second-order valence-corrected chi connectivity index (χ2v) is 8.37. The molecule has 152 valence electrons. The van der Waals surface area contributed by atoms with Crippen LogP contribution in [0.4, 0.5) is 13.2 Å². The van der Waals surface area contributed by atoms with Crippen molar-refractivity contribution in [2.45, 2.75) is 43.4 Å². The summed E-state index contributed by atoms with van der Waals surface area (Å²) < 4.78 is 72.2. The van der Waals surface area contributed by atoms with E-state index in [2.05, 4.69) is 9.97 Å². The molecule has 2 heterocycles. The molecule has 28 heavy (non-hydrogen) atoms. The molecule has 0 spiro atoms. The van der Waals surface area contributed by atoms with Crippen LogP contribution in [0.1, 0.15) is 30.9 Å². The molecule has 0 N–H and O–H groups in total. The minimum atomic E-state index is -4.76. The third-order valence-corrected chi connectivity index (χ3v) is 6.44. The lowest BCUT2D eigenvalue weighted by Gasteiger charge is -2.32. The van der Waals surface area contributed by atoms with Crippen LogP contribution in [-0.2, 0) is 22.6 Å². The second-order valence-electron chi connectivity index (χ2n) is 6.47. The minimum absolute atomic E-state index is 0.0621. The molecule has 1 fully saturated rings. The maximum absolute atomic E-state index is 13.2. The van der Waals surface area contributed by atoms with E-state index in [0.29, 0.717) is 12.8 Å². The lowest BCUT2D eigenvalue weighted by molar-refractivity contribution is -0.139. The van der Waals surface area contributed by atoms with Crippen LogP contribution in [0.2, 0.25) is 0 Å². The van der Waals surface area contributed by atoms with Gasteiger partial charge in [0.2, 0.25) is 10.0 Å². The highest BCUT2D eigenvalue weighted by molar-refractivity contribution is 7.89. The number of alkyl halides is 3. The zero-order valence-corrected chi connectivity index (χ0v) is 16.0. The van der Waals surface area contributed by atoms with E-state index in [1.54, 1.807) is 12.4 Å². The van der Waals surface area contributed by atoms with Crippen LogP contribution < -0.4 is 4.74 Å². The summed E-state index contributed by atoms with van der Waals surface area (Å²) in [6.07, 6.45) is -0.248. The number of hydrogen-bond donors (Lipinski definition) is 0. The topological polar surface area (TPSA) is 72.4 Å². The lowest BCUT2D eigenvalue weighted by Crippen LogP contribution is -2.44. The molecule has 1 aliphatic heterocycles. The molecule has 1 aromatic carbocycles. The van der Waals surface area contributed by atoms with Crippen LogP contribution >= 0.6 is 0 Å². The van der Waals surface area contributed by atoms with E-state index in [9.17, 15) is 21.6 Å². The van der Waals surface area contributed by atoms with E-state index in [1.807, 2.05) is 6.92 Å². The van der Waals surface area contributed by atoms with Gasteiger partial charge in [0.15, 0.2) is 0 Å².